The van der Waals surface area contributed by atoms with E-state index in [-0.39, 0.29) is 17.5 Å². The molecule has 1 saturated heterocycles. The van der Waals surface area contributed by atoms with E-state index < -0.39 is 29.0 Å². The number of pyridine rings is 1. The summed E-state index contributed by atoms with van der Waals surface area (Å²) in [6.45, 7) is 2.97. The third kappa shape index (κ3) is 7.70. The standard InChI is InChI=1S/C26H29F6N5OS/c27-25(28,29)18-2-8-23(34-15-18)36-9-11-37(12-10-36)24(39)16-38-21-6-4-19(5-7-21)35-20-3-1-17(14-33)22(13-20)26(30,31)32/h1-3,8,13,15,19,21,24,35,39H,4-7,9-12,16H2. The Kier molecular flexibility index (Phi) is 9.18. The zero-order valence-corrected chi connectivity index (χ0v) is 21.9. The number of rotatable bonds is 7. The number of alkyl halides is 6. The molecule has 1 aromatic heterocycles. The fourth-order valence-corrected chi connectivity index (χ4v) is 5.21. The lowest BCUT2D eigenvalue weighted by Crippen LogP contribution is -2.50. The molecule has 1 aliphatic carbocycles. The molecule has 1 aromatic carbocycles. The fourth-order valence-electron chi connectivity index (χ4n) is 4.89. The Labute approximate surface area is 228 Å². The first-order valence-corrected chi connectivity index (χ1v) is 13.2. The second-order valence-electron chi connectivity index (χ2n) is 9.73. The zero-order valence-electron chi connectivity index (χ0n) is 21.0. The van der Waals surface area contributed by atoms with Crippen molar-refractivity contribution in [1.82, 2.24) is 9.88 Å². The summed E-state index contributed by atoms with van der Waals surface area (Å²) in [5.74, 6) is 0.510. The van der Waals surface area contributed by atoms with Gasteiger partial charge < -0.3 is 15.0 Å². The average molecular weight is 574 g/mol. The van der Waals surface area contributed by atoms with Gasteiger partial charge in [-0.3, -0.25) is 4.90 Å². The van der Waals surface area contributed by atoms with E-state index in [4.69, 9.17) is 10.00 Å². The van der Waals surface area contributed by atoms with Gasteiger partial charge in [0.15, 0.2) is 0 Å². The summed E-state index contributed by atoms with van der Waals surface area (Å²) in [7, 11) is 0. The number of hydrogen-bond donors (Lipinski definition) is 2. The average Bonchev–Trinajstić information content (AvgIpc) is 2.91. The second-order valence-corrected chi connectivity index (χ2v) is 10.3. The van der Waals surface area contributed by atoms with Crippen LogP contribution in [-0.2, 0) is 17.1 Å². The number of anilines is 2. The number of ether oxygens (including phenoxy) is 1. The van der Waals surface area contributed by atoms with Gasteiger partial charge in [-0.15, -0.1) is 0 Å². The lowest BCUT2D eigenvalue weighted by atomic mass is 9.92. The van der Waals surface area contributed by atoms with Crippen molar-refractivity contribution in [1.29, 1.82) is 5.26 Å². The summed E-state index contributed by atoms with van der Waals surface area (Å²) in [5.41, 5.74) is -1.77. The lowest BCUT2D eigenvalue weighted by Gasteiger charge is -2.38. The predicted molar refractivity (Wildman–Crippen MR) is 138 cm³/mol. The van der Waals surface area contributed by atoms with Crippen molar-refractivity contribution >= 4 is 24.1 Å². The Morgan fingerprint density at radius 2 is 1.69 bits per heavy atom. The number of nitriles is 1. The van der Waals surface area contributed by atoms with Gasteiger partial charge in [0.1, 0.15) is 5.82 Å². The Balaban J connectivity index is 1.18. The van der Waals surface area contributed by atoms with Crippen molar-refractivity contribution in [3.05, 3.63) is 53.2 Å². The van der Waals surface area contributed by atoms with Crippen LogP contribution in [0, 0.1) is 11.3 Å². The molecule has 2 fully saturated rings. The van der Waals surface area contributed by atoms with Crippen LogP contribution in [0.3, 0.4) is 0 Å². The van der Waals surface area contributed by atoms with Crippen molar-refractivity contribution in [3.63, 3.8) is 0 Å². The molecule has 0 spiro atoms. The first kappa shape index (κ1) is 29.3. The Bertz CT molecular complexity index is 1140. The molecule has 1 atom stereocenters. The first-order valence-electron chi connectivity index (χ1n) is 12.6. The number of nitrogens with zero attached hydrogens (tertiary/aromatic N) is 4. The molecule has 6 nitrogen and oxygen atoms in total. The molecule has 2 aliphatic rings. The first-order chi connectivity index (χ1) is 18.4. The van der Waals surface area contributed by atoms with Crippen molar-refractivity contribution in [2.45, 2.75) is 55.6 Å². The third-order valence-electron chi connectivity index (χ3n) is 7.11. The Morgan fingerprint density at radius 3 is 2.26 bits per heavy atom. The summed E-state index contributed by atoms with van der Waals surface area (Å²) in [6.07, 6.45) is -5.13. The SMILES string of the molecule is N#Cc1ccc(NC2CCC(OCC(S)N3CCN(c4ccc(C(F)(F)F)cn4)CC3)CC2)cc1C(F)(F)F. The molecule has 0 amide bonds. The molecular formula is C26H29F6N5OS. The summed E-state index contributed by atoms with van der Waals surface area (Å²) in [5, 5.41) is 12.0. The number of nitrogens with one attached hydrogen (secondary N) is 1. The molecule has 39 heavy (non-hydrogen) atoms. The van der Waals surface area contributed by atoms with Crippen LogP contribution in [-0.4, -0.2) is 60.2 Å². The van der Waals surface area contributed by atoms with E-state index in [2.05, 4.69) is 27.8 Å². The lowest BCUT2D eigenvalue weighted by molar-refractivity contribution is -0.138. The van der Waals surface area contributed by atoms with Gasteiger partial charge in [0.25, 0.3) is 0 Å². The van der Waals surface area contributed by atoms with E-state index >= 15 is 0 Å². The Hall–Kier alpha value is -2.69. The zero-order chi connectivity index (χ0) is 28.2. The van der Waals surface area contributed by atoms with Gasteiger partial charge in [-0.25, -0.2) is 4.98 Å². The summed E-state index contributed by atoms with van der Waals surface area (Å²) in [6, 6.07) is 7.70. The maximum atomic E-state index is 13.2. The smallest absolute Gasteiger partial charge is 0.382 e. The molecular weight excluding hydrogens is 544 g/mol. The van der Waals surface area contributed by atoms with Crippen LogP contribution in [0.1, 0.15) is 42.4 Å². The summed E-state index contributed by atoms with van der Waals surface area (Å²) >= 11 is 4.68. The minimum Gasteiger partial charge on any atom is -0.382 e. The third-order valence-corrected chi connectivity index (χ3v) is 7.58. The molecule has 2 aromatic rings. The van der Waals surface area contributed by atoms with Gasteiger partial charge in [0.05, 0.1) is 40.8 Å². The van der Waals surface area contributed by atoms with Gasteiger partial charge in [-0.2, -0.15) is 44.2 Å². The van der Waals surface area contributed by atoms with Crippen LogP contribution in [0.4, 0.5) is 37.8 Å². The van der Waals surface area contributed by atoms with E-state index in [1.54, 1.807) is 6.07 Å². The van der Waals surface area contributed by atoms with E-state index in [0.717, 1.165) is 44.0 Å². The Morgan fingerprint density at radius 1 is 1.00 bits per heavy atom. The van der Waals surface area contributed by atoms with Gasteiger partial charge in [0, 0.05) is 44.1 Å². The molecule has 2 heterocycles. The normalized spacial score (nSPS) is 21.8. The van der Waals surface area contributed by atoms with E-state index in [1.807, 2.05) is 4.90 Å². The number of piperazine rings is 1. The van der Waals surface area contributed by atoms with Gasteiger partial charge in [-0.05, 0) is 56.0 Å². The highest BCUT2D eigenvalue weighted by Crippen LogP contribution is 2.34. The van der Waals surface area contributed by atoms with E-state index in [9.17, 15) is 26.3 Å². The van der Waals surface area contributed by atoms with Crippen LogP contribution in [0.25, 0.3) is 0 Å². The highest BCUT2D eigenvalue weighted by Gasteiger charge is 2.34. The highest BCUT2D eigenvalue weighted by molar-refractivity contribution is 7.80. The maximum absolute atomic E-state index is 13.2. The van der Waals surface area contributed by atoms with Crippen LogP contribution in [0.15, 0.2) is 36.5 Å². The molecule has 1 aliphatic heterocycles. The molecule has 0 radical (unpaired) electrons. The van der Waals surface area contributed by atoms with Crippen molar-refractivity contribution in [2.24, 2.45) is 0 Å². The largest absolute Gasteiger partial charge is 0.417 e. The number of aromatic nitrogens is 1. The summed E-state index contributed by atoms with van der Waals surface area (Å²) in [4.78, 5) is 8.06. The van der Waals surface area contributed by atoms with Crippen LogP contribution < -0.4 is 10.2 Å². The quantitative estimate of drug-likeness (QED) is 0.322. The number of hydrogen-bond acceptors (Lipinski definition) is 7. The minimum absolute atomic E-state index is 0.0116. The van der Waals surface area contributed by atoms with E-state index in [0.29, 0.717) is 44.3 Å². The topological polar surface area (TPSA) is 64.4 Å². The predicted octanol–water partition coefficient (Wildman–Crippen LogP) is 5.81. The molecule has 1 unspecified atom stereocenters. The molecule has 1 N–H and O–H groups in total. The second kappa shape index (κ2) is 12.2. The molecule has 0 bridgehead atoms. The van der Waals surface area contributed by atoms with Crippen molar-refractivity contribution in [3.8, 4) is 6.07 Å². The highest BCUT2D eigenvalue weighted by atomic mass is 32.1. The van der Waals surface area contributed by atoms with Crippen LogP contribution in [0.5, 0.6) is 0 Å². The fraction of sp³-hybridized carbons (Fsp3) is 0.538. The number of thiol groups is 1. The van der Waals surface area contributed by atoms with Gasteiger partial charge in [0.2, 0.25) is 0 Å². The minimum atomic E-state index is -4.59. The summed E-state index contributed by atoms with van der Waals surface area (Å²) < 4.78 is 84.1. The van der Waals surface area contributed by atoms with Crippen molar-refractivity contribution < 1.29 is 31.1 Å². The molecule has 212 valence electrons. The van der Waals surface area contributed by atoms with Crippen molar-refractivity contribution in [2.75, 3.05) is 43.0 Å². The number of halogens is 6. The molecule has 13 heteroatoms. The number of benzene rings is 1. The maximum Gasteiger partial charge on any atom is 0.417 e. The van der Waals surface area contributed by atoms with E-state index in [1.165, 1.54) is 18.2 Å². The monoisotopic (exact) mass is 573 g/mol. The van der Waals surface area contributed by atoms with Crippen LogP contribution >= 0.6 is 12.6 Å². The van der Waals surface area contributed by atoms with Gasteiger partial charge in [-0.1, -0.05) is 0 Å². The van der Waals surface area contributed by atoms with Crippen LogP contribution in [0.2, 0.25) is 0 Å². The molecule has 4 rings (SSSR count). The molecule has 1 saturated carbocycles. The van der Waals surface area contributed by atoms with Gasteiger partial charge >= 0.3 is 12.4 Å².